The molecule has 1 N–H and O–H groups in total. The van der Waals surface area contributed by atoms with E-state index in [4.69, 9.17) is 37.7 Å². The molecule has 2 amide bonds. The summed E-state index contributed by atoms with van der Waals surface area (Å²) in [5, 5.41) is 10.9. The van der Waals surface area contributed by atoms with Crippen molar-refractivity contribution < 1.29 is 24.2 Å². The molecule has 1 aromatic heterocycles. The van der Waals surface area contributed by atoms with Gasteiger partial charge in [-0.25, -0.2) is 4.79 Å². The predicted molar refractivity (Wildman–Crippen MR) is 134 cm³/mol. The molecule has 1 aromatic carbocycles. The number of methoxy groups -OCH3 is 1. The Morgan fingerprint density at radius 2 is 1.86 bits per heavy atom. The zero-order valence-corrected chi connectivity index (χ0v) is 22.2. The zero-order valence-electron chi connectivity index (χ0n) is 20.7. The van der Waals surface area contributed by atoms with Crippen molar-refractivity contribution in [3.05, 3.63) is 32.9 Å². The first-order valence-corrected chi connectivity index (χ1v) is 12.5. The number of piperidine rings is 1. The Morgan fingerprint density at radius 1 is 1.20 bits per heavy atom. The molecule has 4 rings (SSSR count). The molecule has 0 bridgehead atoms. The van der Waals surface area contributed by atoms with Gasteiger partial charge in [0.25, 0.3) is 0 Å². The van der Waals surface area contributed by atoms with E-state index in [9.17, 15) is 14.7 Å². The molecule has 1 fully saturated rings. The molecular formula is C25H31Cl2N3O5. The molecule has 3 heterocycles. The number of likely N-dealkylation sites (tertiary alicyclic amines) is 1. The fourth-order valence-electron chi connectivity index (χ4n) is 5.05. The number of carbonyl (C=O) groups excluding carboxylic acids is 2. The van der Waals surface area contributed by atoms with Crippen LogP contribution in [0.2, 0.25) is 10.0 Å². The number of aromatic nitrogens is 1. The van der Waals surface area contributed by atoms with Crippen molar-refractivity contribution in [1.82, 2.24) is 14.8 Å². The van der Waals surface area contributed by atoms with Crippen LogP contribution < -0.4 is 4.74 Å². The van der Waals surface area contributed by atoms with Crippen molar-refractivity contribution in [3.63, 3.8) is 0 Å². The fraction of sp³-hybridized carbons (Fsp3) is 0.560. The van der Waals surface area contributed by atoms with E-state index in [0.29, 0.717) is 48.8 Å². The van der Waals surface area contributed by atoms with Crippen LogP contribution >= 0.6 is 23.2 Å². The normalized spacial score (nSPS) is 18.7. The second kappa shape index (κ2) is 9.64. The monoisotopic (exact) mass is 523 g/mol. The number of rotatable bonds is 3. The van der Waals surface area contributed by atoms with Crippen LogP contribution in [-0.2, 0) is 16.1 Å². The molecule has 35 heavy (non-hydrogen) atoms. The number of nitrogens with zero attached hydrogens (tertiary/aromatic N) is 3. The number of pyridine rings is 1. The van der Waals surface area contributed by atoms with E-state index >= 15 is 0 Å². The number of amides is 2. The number of hydrogen-bond donors (Lipinski definition) is 1. The molecule has 0 saturated carbocycles. The average molecular weight is 524 g/mol. The number of aliphatic hydroxyl groups excluding tert-OH is 1. The van der Waals surface area contributed by atoms with Crippen molar-refractivity contribution in [3.8, 4) is 5.75 Å². The summed E-state index contributed by atoms with van der Waals surface area (Å²) < 4.78 is 11.0. The van der Waals surface area contributed by atoms with E-state index in [1.54, 1.807) is 9.80 Å². The third-order valence-corrected chi connectivity index (χ3v) is 7.57. The first kappa shape index (κ1) is 25.8. The van der Waals surface area contributed by atoms with Gasteiger partial charge in [0.1, 0.15) is 23.0 Å². The second-order valence-electron chi connectivity index (χ2n) is 10.1. The van der Waals surface area contributed by atoms with Gasteiger partial charge >= 0.3 is 6.09 Å². The maximum Gasteiger partial charge on any atom is 0.410 e. The maximum atomic E-state index is 12.5. The van der Waals surface area contributed by atoms with Gasteiger partial charge in [0.05, 0.1) is 23.7 Å². The maximum absolute atomic E-state index is 12.5. The summed E-state index contributed by atoms with van der Waals surface area (Å²) in [6, 6.07) is 1.53. The first-order valence-electron chi connectivity index (χ1n) is 11.7. The number of ether oxygens (including phenoxy) is 2. The quantitative estimate of drug-likeness (QED) is 0.604. The van der Waals surface area contributed by atoms with Gasteiger partial charge in [-0.2, -0.15) is 0 Å². The summed E-state index contributed by atoms with van der Waals surface area (Å²) in [4.78, 5) is 33.4. The minimum absolute atomic E-state index is 0.0696. The third-order valence-electron chi connectivity index (χ3n) is 6.73. The summed E-state index contributed by atoms with van der Waals surface area (Å²) in [5.74, 6) is 0.158. The molecule has 190 valence electrons. The minimum Gasteiger partial charge on any atom is -0.495 e. The number of hydrogen-bond acceptors (Lipinski definition) is 6. The van der Waals surface area contributed by atoms with E-state index in [-0.39, 0.29) is 29.0 Å². The molecule has 0 aliphatic carbocycles. The largest absolute Gasteiger partial charge is 0.495 e. The van der Waals surface area contributed by atoms with Crippen LogP contribution in [0.4, 0.5) is 4.79 Å². The average Bonchev–Trinajstić information content (AvgIpc) is 3.16. The van der Waals surface area contributed by atoms with Crippen molar-refractivity contribution in [2.45, 2.75) is 64.6 Å². The lowest BCUT2D eigenvalue weighted by Crippen LogP contribution is -2.41. The molecule has 2 aromatic rings. The molecule has 0 spiro atoms. The van der Waals surface area contributed by atoms with Crippen molar-refractivity contribution >= 4 is 46.1 Å². The van der Waals surface area contributed by atoms with Gasteiger partial charge in [-0.1, -0.05) is 23.2 Å². The lowest BCUT2D eigenvalue weighted by atomic mass is 9.87. The highest BCUT2D eigenvalue weighted by Gasteiger charge is 2.38. The van der Waals surface area contributed by atoms with Gasteiger partial charge in [0.15, 0.2) is 0 Å². The molecule has 8 nitrogen and oxygen atoms in total. The highest BCUT2D eigenvalue weighted by Crippen LogP contribution is 2.47. The van der Waals surface area contributed by atoms with Crippen LogP contribution in [0.25, 0.3) is 10.9 Å². The molecule has 0 radical (unpaired) electrons. The fourth-order valence-corrected chi connectivity index (χ4v) is 5.50. The van der Waals surface area contributed by atoms with Crippen LogP contribution in [-0.4, -0.2) is 64.3 Å². The van der Waals surface area contributed by atoms with Crippen LogP contribution in [0.5, 0.6) is 5.75 Å². The summed E-state index contributed by atoms with van der Waals surface area (Å²) in [6.45, 7) is 8.36. The van der Waals surface area contributed by atoms with E-state index < -0.39 is 12.2 Å². The Bertz CT molecular complexity index is 1170. The highest BCUT2D eigenvalue weighted by atomic mass is 35.5. The minimum atomic E-state index is -0.566. The highest BCUT2D eigenvalue weighted by molar-refractivity contribution is 6.46. The van der Waals surface area contributed by atoms with E-state index in [1.165, 1.54) is 7.11 Å². The Labute approximate surface area is 215 Å². The standard InChI is InChI=1S/C25H31Cl2N3O5/c1-13-19-15-10-17(34-5)20(26)21(27)23(15)28-22(16(19)11-30(13)18(32)12-31)14-6-8-29(9-7-14)24(33)35-25(2,3)4/h10,13-14,31H,6-9,11-12H2,1-5H3/t13-/m0/s1. The van der Waals surface area contributed by atoms with Gasteiger partial charge in [-0.05, 0) is 57.7 Å². The third kappa shape index (κ3) is 4.76. The second-order valence-corrected chi connectivity index (χ2v) is 10.8. The Balaban J connectivity index is 1.75. The predicted octanol–water partition coefficient (Wildman–Crippen LogP) is 5.06. The van der Waals surface area contributed by atoms with Crippen molar-refractivity contribution in [2.75, 3.05) is 26.8 Å². The summed E-state index contributed by atoms with van der Waals surface area (Å²) in [6.07, 6.45) is 1.09. The smallest absolute Gasteiger partial charge is 0.410 e. The first-order chi connectivity index (χ1) is 16.5. The number of carbonyl (C=O) groups is 2. The van der Waals surface area contributed by atoms with Crippen LogP contribution in [0.1, 0.15) is 69.3 Å². The Kier molecular flexibility index (Phi) is 7.10. The molecule has 2 aliphatic heterocycles. The van der Waals surface area contributed by atoms with E-state index in [1.807, 2.05) is 33.8 Å². The van der Waals surface area contributed by atoms with Crippen LogP contribution in [0.15, 0.2) is 6.07 Å². The van der Waals surface area contributed by atoms with Gasteiger partial charge < -0.3 is 24.4 Å². The number of benzene rings is 1. The molecule has 1 atom stereocenters. The van der Waals surface area contributed by atoms with Crippen molar-refractivity contribution in [2.24, 2.45) is 0 Å². The van der Waals surface area contributed by atoms with Gasteiger partial charge in [0.2, 0.25) is 5.91 Å². The van der Waals surface area contributed by atoms with Gasteiger partial charge in [0, 0.05) is 36.6 Å². The lowest BCUT2D eigenvalue weighted by Gasteiger charge is -2.34. The summed E-state index contributed by atoms with van der Waals surface area (Å²) >= 11 is 13.1. The van der Waals surface area contributed by atoms with Gasteiger partial charge in [-0.3, -0.25) is 9.78 Å². The number of halogens is 2. The van der Waals surface area contributed by atoms with Crippen LogP contribution in [0.3, 0.4) is 0 Å². The molecule has 10 heteroatoms. The molecule has 1 saturated heterocycles. The summed E-state index contributed by atoms with van der Waals surface area (Å²) in [7, 11) is 1.52. The van der Waals surface area contributed by atoms with Crippen molar-refractivity contribution in [1.29, 1.82) is 0 Å². The topological polar surface area (TPSA) is 92.2 Å². The Hall–Kier alpha value is -2.29. The molecule has 2 aliphatic rings. The summed E-state index contributed by atoms with van der Waals surface area (Å²) in [5.41, 5.74) is 2.77. The molecule has 0 unspecified atom stereocenters. The zero-order chi connectivity index (χ0) is 25.7. The SMILES string of the molecule is COc1cc2c3c(c(C4CCN(C(=O)OC(C)(C)C)CC4)nc2c(Cl)c1Cl)CN(C(=O)CO)[C@H]3C. The van der Waals surface area contributed by atoms with E-state index in [2.05, 4.69) is 0 Å². The van der Waals surface area contributed by atoms with Gasteiger partial charge in [-0.15, -0.1) is 0 Å². The van der Waals surface area contributed by atoms with E-state index in [0.717, 1.165) is 22.2 Å². The Morgan fingerprint density at radius 3 is 2.43 bits per heavy atom. The molecular weight excluding hydrogens is 493 g/mol. The number of fused-ring (bicyclic) bond motifs is 3. The number of aliphatic hydroxyl groups is 1. The lowest BCUT2D eigenvalue weighted by molar-refractivity contribution is -0.136. The van der Waals surface area contributed by atoms with Crippen LogP contribution in [0, 0.1) is 0 Å².